The Balaban J connectivity index is 1.63. The molecule has 7 nitrogen and oxygen atoms in total. The number of aryl methyl sites for hydroxylation is 2. The summed E-state index contributed by atoms with van der Waals surface area (Å²) in [6, 6.07) is 3.87. The van der Waals surface area contributed by atoms with Crippen molar-refractivity contribution < 1.29 is 5.11 Å². The maximum Gasteiger partial charge on any atom is 0.163 e. The van der Waals surface area contributed by atoms with Gasteiger partial charge in [-0.25, -0.2) is 15.0 Å². The van der Waals surface area contributed by atoms with Crippen molar-refractivity contribution in [2.45, 2.75) is 32.8 Å². The predicted molar refractivity (Wildman–Crippen MR) is 108 cm³/mol. The second-order valence-corrected chi connectivity index (χ2v) is 7.51. The highest BCUT2D eigenvalue weighted by Gasteiger charge is 2.30. The van der Waals surface area contributed by atoms with Gasteiger partial charge >= 0.3 is 0 Å². The number of nitrogens with zero attached hydrogens (tertiary/aromatic N) is 6. The zero-order valence-electron chi connectivity index (χ0n) is 16.6. The predicted octanol–water partition coefficient (Wildman–Crippen LogP) is 2.84. The summed E-state index contributed by atoms with van der Waals surface area (Å²) in [6.07, 6.45) is 8.55. The standard InChI is InChI=1S/C21H26N6O/c1-14-15(2)24-19(16-6-4-8-22-12-16)25-20(14)27-10-5-7-17(13-27)18(28)21-23-9-11-26(21)3/h4,6,8-9,11-12,17-18,28H,5,7,10,13H2,1-3H3. The number of piperidine rings is 1. The number of rotatable bonds is 4. The van der Waals surface area contributed by atoms with E-state index < -0.39 is 6.10 Å². The molecule has 0 amide bonds. The minimum atomic E-state index is -0.580. The minimum Gasteiger partial charge on any atom is -0.385 e. The van der Waals surface area contributed by atoms with Gasteiger partial charge in [0.2, 0.25) is 0 Å². The molecule has 1 fully saturated rings. The van der Waals surface area contributed by atoms with Gasteiger partial charge in [0.05, 0.1) is 0 Å². The van der Waals surface area contributed by atoms with Crippen molar-refractivity contribution in [3.8, 4) is 11.4 Å². The number of anilines is 1. The van der Waals surface area contributed by atoms with Crippen molar-refractivity contribution in [2.75, 3.05) is 18.0 Å². The van der Waals surface area contributed by atoms with Crippen LogP contribution in [0.3, 0.4) is 0 Å². The van der Waals surface area contributed by atoms with E-state index in [1.165, 1.54) is 0 Å². The fourth-order valence-electron chi connectivity index (χ4n) is 3.88. The second kappa shape index (κ2) is 7.67. The Morgan fingerprint density at radius 2 is 2.07 bits per heavy atom. The zero-order valence-corrected chi connectivity index (χ0v) is 16.6. The normalized spacial score (nSPS) is 18.3. The lowest BCUT2D eigenvalue weighted by Gasteiger charge is -2.36. The molecule has 7 heteroatoms. The Labute approximate surface area is 165 Å². The molecule has 0 bridgehead atoms. The Morgan fingerprint density at radius 1 is 1.21 bits per heavy atom. The van der Waals surface area contributed by atoms with Gasteiger partial charge < -0.3 is 14.6 Å². The topological polar surface area (TPSA) is 80.0 Å². The van der Waals surface area contributed by atoms with Gasteiger partial charge in [0.15, 0.2) is 5.82 Å². The summed E-state index contributed by atoms with van der Waals surface area (Å²) < 4.78 is 1.89. The summed E-state index contributed by atoms with van der Waals surface area (Å²) in [7, 11) is 1.92. The van der Waals surface area contributed by atoms with Crippen molar-refractivity contribution >= 4 is 5.82 Å². The van der Waals surface area contributed by atoms with E-state index in [0.717, 1.165) is 54.4 Å². The van der Waals surface area contributed by atoms with E-state index in [0.29, 0.717) is 5.82 Å². The number of pyridine rings is 1. The van der Waals surface area contributed by atoms with Crippen molar-refractivity contribution in [3.63, 3.8) is 0 Å². The molecule has 3 aromatic rings. The van der Waals surface area contributed by atoms with Crippen LogP contribution >= 0.6 is 0 Å². The van der Waals surface area contributed by atoms with Gasteiger partial charge in [0.25, 0.3) is 0 Å². The quantitative estimate of drug-likeness (QED) is 0.752. The highest BCUT2D eigenvalue weighted by Crippen LogP contribution is 2.33. The third-order valence-corrected chi connectivity index (χ3v) is 5.61. The number of aliphatic hydroxyl groups excluding tert-OH is 1. The van der Waals surface area contributed by atoms with Crippen LogP contribution in [0.2, 0.25) is 0 Å². The van der Waals surface area contributed by atoms with Gasteiger partial charge in [-0.05, 0) is 38.8 Å². The highest BCUT2D eigenvalue weighted by atomic mass is 16.3. The van der Waals surface area contributed by atoms with E-state index in [-0.39, 0.29) is 5.92 Å². The zero-order chi connectivity index (χ0) is 19.7. The summed E-state index contributed by atoms with van der Waals surface area (Å²) in [5.41, 5.74) is 2.96. The van der Waals surface area contributed by atoms with Crippen molar-refractivity contribution in [3.05, 3.63) is 54.0 Å². The first kappa shape index (κ1) is 18.6. The largest absolute Gasteiger partial charge is 0.385 e. The Kier molecular flexibility index (Phi) is 5.09. The first-order valence-electron chi connectivity index (χ1n) is 9.70. The smallest absolute Gasteiger partial charge is 0.163 e. The Morgan fingerprint density at radius 3 is 2.79 bits per heavy atom. The second-order valence-electron chi connectivity index (χ2n) is 7.51. The molecule has 2 atom stereocenters. The molecule has 0 saturated carbocycles. The lowest BCUT2D eigenvalue weighted by atomic mass is 9.91. The van der Waals surface area contributed by atoms with Crippen LogP contribution in [0.4, 0.5) is 5.82 Å². The third kappa shape index (κ3) is 3.49. The minimum absolute atomic E-state index is 0.117. The summed E-state index contributed by atoms with van der Waals surface area (Å²) in [4.78, 5) is 20.3. The molecule has 1 aliphatic heterocycles. The van der Waals surface area contributed by atoms with Crippen LogP contribution < -0.4 is 4.90 Å². The van der Waals surface area contributed by atoms with Crippen LogP contribution in [0.1, 0.15) is 36.0 Å². The molecule has 4 rings (SSSR count). The Hall–Kier alpha value is -2.80. The molecule has 1 saturated heterocycles. The summed E-state index contributed by atoms with van der Waals surface area (Å²) >= 11 is 0. The van der Waals surface area contributed by atoms with Crippen LogP contribution in [0.15, 0.2) is 36.9 Å². The molecular weight excluding hydrogens is 352 g/mol. The van der Waals surface area contributed by atoms with E-state index in [4.69, 9.17) is 4.98 Å². The number of aromatic nitrogens is 5. The van der Waals surface area contributed by atoms with E-state index in [2.05, 4.69) is 26.8 Å². The van der Waals surface area contributed by atoms with E-state index >= 15 is 0 Å². The summed E-state index contributed by atoms with van der Waals surface area (Å²) in [5.74, 6) is 2.48. The maximum atomic E-state index is 10.9. The average Bonchev–Trinajstić information content (AvgIpc) is 3.16. The summed E-state index contributed by atoms with van der Waals surface area (Å²) in [6.45, 7) is 5.76. The number of imidazole rings is 1. The molecule has 1 N–H and O–H groups in total. The first-order valence-corrected chi connectivity index (χ1v) is 9.70. The monoisotopic (exact) mass is 378 g/mol. The molecule has 0 radical (unpaired) electrons. The molecule has 1 aliphatic rings. The van der Waals surface area contributed by atoms with Gasteiger partial charge in [0, 0.05) is 67.7 Å². The van der Waals surface area contributed by atoms with Crippen molar-refractivity contribution in [1.29, 1.82) is 0 Å². The van der Waals surface area contributed by atoms with Crippen LogP contribution in [0, 0.1) is 19.8 Å². The molecule has 2 unspecified atom stereocenters. The van der Waals surface area contributed by atoms with Crippen LogP contribution in [0.5, 0.6) is 0 Å². The molecule has 0 spiro atoms. The SMILES string of the molecule is Cc1nc(-c2cccnc2)nc(N2CCCC(C(O)c3nccn3C)C2)c1C. The molecule has 3 aromatic heterocycles. The molecule has 0 aromatic carbocycles. The Bertz CT molecular complexity index is 955. The van der Waals surface area contributed by atoms with Crippen LogP contribution in [0.25, 0.3) is 11.4 Å². The lowest BCUT2D eigenvalue weighted by molar-refractivity contribution is 0.0873. The van der Waals surface area contributed by atoms with E-state index in [9.17, 15) is 5.11 Å². The molecule has 4 heterocycles. The first-order chi connectivity index (χ1) is 13.5. The van der Waals surface area contributed by atoms with E-state index in [1.807, 2.05) is 36.9 Å². The van der Waals surface area contributed by atoms with Gasteiger partial charge in [-0.1, -0.05) is 0 Å². The van der Waals surface area contributed by atoms with E-state index in [1.54, 1.807) is 18.6 Å². The fraction of sp³-hybridized carbons (Fsp3) is 0.429. The third-order valence-electron chi connectivity index (χ3n) is 5.61. The molecule has 28 heavy (non-hydrogen) atoms. The van der Waals surface area contributed by atoms with Crippen LogP contribution in [-0.2, 0) is 7.05 Å². The molecule has 0 aliphatic carbocycles. The highest BCUT2D eigenvalue weighted by molar-refractivity contribution is 5.59. The van der Waals surface area contributed by atoms with Gasteiger partial charge in [-0.2, -0.15) is 0 Å². The van der Waals surface area contributed by atoms with Crippen LogP contribution in [-0.4, -0.2) is 42.7 Å². The molecule has 146 valence electrons. The van der Waals surface area contributed by atoms with Gasteiger partial charge in [-0.15, -0.1) is 0 Å². The summed E-state index contributed by atoms with van der Waals surface area (Å²) in [5, 5.41) is 10.9. The number of hydrogen-bond acceptors (Lipinski definition) is 6. The van der Waals surface area contributed by atoms with Gasteiger partial charge in [-0.3, -0.25) is 4.98 Å². The lowest BCUT2D eigenvalue weighted by Crippen LogP contribution is -2.39. The van der Waals surface area contributed by atoms with Gasteiger partial charge in [0.1, 0.15) is 17.7 Å². The maximum absolute atomic E-state index is 10.9. The average molecular weight is 378 g/mol. The number of aliphatic hydroxyl groups is 1. The van der Waals surface area contributed by atoms with Crippen molar-refractivity contribution in [2.24, 2.45) is 13.0 Å². The fourth-order valence-corrected chi connectivity index (χ4v) is 3.88. The number of hydrogen-bond donors (Lipinski definition) is 1. The van der Waals surface area contributed by atoms with Crippen molar-refractivity contribution in [1.82, 2.24) is 24.5 Å². The molecular formula is C21H26N6O.